The van der Waals surface area contributed by atoms with E-state index in [1.165, 1.54) is 11.1 Å². The van der Waals surface area contributed by atoms with Gasteiger partial charge in [-0.25, -0.2) is 0 Å². The van der Waals surface area contributed by atoms with Crippen LogP contribution in [0.1, 0.15) is 11.1 Å². The molecule has 1 aromatic carbocycles. The van der Waals surface area contributed by atoms with Gasteiger partial charge in [0.25, 0.3) is 0 Å². The van der Waals surface area contributed by atoms with Crippen molar-refractivity contribution < 1.29 is 9.53 Å². The van der Waals surface area contributed by atoms with Gasteiger partial charge in [0.2, 0.25) is 5.91 Å². The summed E-state index contributed by atoms with van der Waals surface area (Å²) in [6, 6.07) is 6.26. The number of rotatable bonds is 5. The lowest BCUT2D eigenvalue weighted by Crippen LogP contribution is -2.48. The van der Waals surface area contributed by atoms with E-state index >= 15 is 0 Å². The Kier molecular flexibility index (Phi) is 4.98. The molecule has 0 aromatic heterocycles. The van der Waals surface area contributed by atoms with Gasteiger partial charge in [0.05, 0.1) is 13.7 Å². The van der Waals surface area contributed by atoms with Crippen LogP contribution < -0.4 is 10.5 Å². The van der Waals surface area contributed by atoms with E-state index in [2.05, 4.69) is 28.9 Å². The molecule has 0 radical (unpaired) electrons. The van der Waals surface area contributed by atoms with Crippen molar-refractivity contribution in [3.05, 3.63) is 29.3 Å². The number of aryl methyl sites for hydroxylation is 1. The number of carbonyl (C=O) groups is 1. The maximum Gasteiger partial charge on any atom is 0.231 e. The molecule has 0 unspecified atom stereocenters. The lowest BCUT2D eigenvalue weighted by atomic mass is 10.1. The Labute approximate surface area is 120 Å². The Bertz CT molecular complexity index is 468. The third kappa shape index (κ3) is 3.95. The fraction of sp³-hybridized carbons (Fsp3) is 0.533. The Morgan fingerprint density at radius 2 is 1.90 bits per heavy atom. The number of piperazine rings is 1. The molecule has 1 heterocycles. The second-order valence-corrected chi connectivity index (χ2v) is 5.33. The van der Waals surface area contributed by atoms with Crippen molar-refractivity contribution in [3.8, 4) is 5.75 Å². The van der Waals surface area contributed by atoms with Gasteiger partial charge in [0.1, 0.15) is 5.75 Å². The fourth-order valence-corrected chi connectivity index (χ4v) is 2.60. The highest BCUT2D eigenvalue weighted by Gasteiger charge is 2.19. The minimum atomic E-state index is -0.251. The SMILES string of the molecule is COc1ccc(C)cc1CN1CCN(CC(N)=O)CC1. The van der Waals surface area contributed by atoms with Crippen molar-refractivity contribution >= 4 is 5.91 Å². The monoisotopic (exact) mass is 277 g/mol. The minimum absolute atomic E-state index is 0.251. The molecular weight excluding hydrogens is 254 g/mol. The molecule has 5 heteroatoms. The number of hydrogen-bond donors (Lipinski definition) is 1. The van der Waals surface area contributed by atoms with Gasteiger partial charge in [-0.3, -0.25) is 14.6 Å². The van der Waals surface area contributed by atoms with Gasteiger partial charge >= 0.3 is 0 Å². The molecule has 1 amide bonds. The van der Waals surface area contributed by atoms with E-state index in [4.69, 9.17) is 10.5 Å². The highest BCUT2D eigenvalue weighted by Crippen LogP contribution is 2.21. The Balaban J connectivity index is 1.92. The van der Waals surface area contributed by atoms with Crippen LogP contribution in [0.2, 0.25) is 0 Å². The van der Waals surface area contributed by atoms with Gasteiger partial charge in [0.15, 0.2) is 0 Å². The minimum Gasteiger partial charge on any atom is -0.496 e. The van der Waals surface area contributed by atoms with E-state index in [1.807, 2.05) is 6.07 Å². The van der Waals surface area contributed by atoms with Gasteiger partial charge in [-0.2, -0.15) is 0 Å². The first kappa shape index (κ1) is 14.8. The molecule has 1 aliphatic heterocycles. The molecular formula is C15H23N3O2. The van der Waals surface area contributed by atoms with E-state index in [0.29, 0.717) is 6.54 Å². The topological polar surface area (TPSA) is 58.8 Å². The van der Waals surface area contributed by atoms with Gasteiger partial charge in [0, 0.05) is 38.3 Å². The van der Waals surface area contributed by atoms with Gasteiger partial charge in [-0.05, 0) is 13.0 Å². The molecule has 0 aliphatic carbocycles. The van der Waals surface area contributed by atoms with Crippen LogP contribution in [0.5, 0.6) is 5.75 Å². The predicted octanol–water partition coefficient (Wildman–Crippen LogP) is 0.607. The third-order valence-corrected chi connectivity index (χ3v) is 3.67. The highest BCUT2D eigenvalue weighted by molar-refractivity contribution is 5.75. The van der Waals surface area contributed by atoms with E-state index in [9.17, 15) is 4.79 Å². The molecule has 2 N–H and O–H groups in total. The summed E-state index contributed by atoms with van der Waals surface area (Å²) < 4.78 is 5.42. The van der Waals surface area contributed by atoms with E-state index < -0.39 is 0 Å². The van der Waals surface area contributed by atoms with Crippen LogP contribution in [0.3, 0.4) is 0 Å². The first-order chi connectivity index (χ1) is 9.58. The Hall–Kier alpha value is -1.59. The number of hydrogen-bond acceptors (Lipinski definition) is 4. The molecule has 0 spiro atoms. The second-order valence-electron chi connectivity index (χ2n) is 5.33. The van der Waals surface area contributed by atoms with Crippen LogP contribution >= 0.6 is 0 Å². The average molecular weight is 277 g/mol. The number of primary amides is 1. The van der Waals surface area contributed by atoms with Crippen molar-refractivity contribution in [2.45, 2.75) is 13.5 Å². The lowest BCUT2D eigenvalue weighted by molar-refractivity contribution is -0.119. The lowest BCUT2D eigenvalue weighted by Gasteiger charge is -2.34. The summed E-state index contributed by atoms with van der Waals surface area (Å²) in [5, 5.41) is 0. The summed E-state index contributed by atoms with van der Waals surface area (Å²) in [7, 11) is 1.71. The zero-order valence-electron chi connectivity index (χ0n) is 12.3. The van der Waals surface area contributed by atoms with Crippen LogP contribution in [0.15, 0.2) is 18.2 Å². The van der Waals surface area contributed by atoms with Crippen LogP contribution in [-0.2, 0) is 11.3 Å². The number of benzene rings is 1. The molecule has 0 saturated carbocycles. The standard InChI is InChI=1S/C15H23N3O2/c1-12-3-4-14(20-2)13(9-12)10-17-5-7-18(8-6-17)11-15(16)19/h3-4,9H,5-8,10-11H2,1-2H3,(H2,16,19). The van der Waals surface area contributed by atoms with Crippen LogP contribution in [0.4, 0.5) is 0 Å². The van der Waals surface area contributed by atoms with Crippen LogP contribution in [0.25, 0.3) is 0 Å². The normalized spacial score (nSPS) is 17.1. The van der Waals surface area contributed by atoms with Gasteiger partial charge in [-0.1, -0.05) is 17.7 Å². The van der Waals surface area contributed by atoms with Crippen LogP contribution in [-0.4, -0.2) is 55.5 Å². The molecule has 0 atom stereocenters. The summed E-state index contributed by atoms with van der Waals surface area (Å²) in [5.74, 6) is 0.689. The third-order valence-electron chi connectivity index (χ3n) is 3.67. The number of methoxy groups -OCH3 is 1. The Morgan fingerprint density at radius 1 is 1.25 bits per heavy atom. The molecule has 20 heavy (non-hydrogen) atoms. The van der Waals surface area contributed by atoms with Crippen LogP contribution in [0, 0.1) is 6.92 Å². The summed E-state index contributed by atoms with van der Waals surface area (Å²) in [5.41, 5.74) is 7.69. The predicted molar refractivity (Wildman–Crippen MR) is 78.6 cm³/mol. The van der Waals surface area contributed by atoms with E-state index in [0.717, 1.165) is 38.5 Å². The summed E-state index contributed by atoms with van der Waals surface area (Å²) >= 11 is 0. The van der Waals surface area contributed by atoms with E-state index in [-0.39, 0.29) is 5.91 Å². The largest absolute Gasteiger partial charge is 0.496 e. The molecule has 1 aromatic rings. The van der Waals surface area contributed by atoms with Crippen molar-refractivity contribution in [3.63, 3.8) is 0 Å². The maximum atomic E-state index is 10.9. The number of nitrogens with two attached hydrogens (primary N) is 1. The zero-order chi connectivity index (χ0) is 14.5. The number of carbonyl (C=O) groups excluding carboxylic acids is 1. The molecule has 1 saturated heterocycles. The number of nitrogens with zero attached hydrogens (tertiary/aromatic N) is 2. The second kappa shape index (κ2) is 6.72. The summed E-state index contributed by atoms with van der Waals surface area (Å²) in [6.07, 6.45) is 0. The number of ether oxygens (including phenoxy) is 1. The average Bonchev–Trinajstić information content (AvgIpc) is 2.41. The fourth-order valence-electron chi connectivity index (χ4n) is 2.60. The molecule has 1 aliphatic rings. The smallest absolute Gasteiger partial charge is 0.231 e. The Morgan fingerprint density at radius 3 is 2.50 bits per heavy atom. The van der Waals surface area contributed by atoms with Crippen molar-refractivity contribution in [2.24, 2.45) is 5.73 Å². The summed E-state index contributed by atoms with van der Waals surface area (Å²) in [4.78, 5) is 15.4. The maximum absolute atomic E-state index is 10.9. The van der Waals surface area contributed by atoms with Crippen molar-refractivity contribution in [2.75, 3.05) is 39.8 Å². The van der Waals surface area contributed by atoms with Crippen molar-refractivity contribution in [1.29, 1.82) is 0 Å². The highest BCUT2D eigenvalue weighted by atomic mass is 16.5. The quantitative estimate of drug-likeness (QED) is 0.856. The molecule has 0 bridgehead atoms. The van der Waals surface area contributed by atoms with E-state index in [1.54, 1.807) is 7.11 Å². The first-order valence-electron chi connectivity index (χ1n) is 6.95. The molecule has 110 valence electrons. The molecule has 1 fully saturated rings. The zero-order valence-corrected chi connectivity index (χ0v) is 12.3. The first-order valence-corrected chi connectivity index (χ1v) is 6.95. The number of amides is 1. The molecule has 5 nitrogen and oxygen atoms in total. The molecule has 2 rings (SSSR count). The summed E-state index contributed by atoms with van der Waals surface area (Å²) in [6.45, 7) is 7.01. The van der Waals surface area contributed by atoms with Gasteiger partial charge < -0.3 is 10.5 Å². The van der Waals surface area contributed by atoms with Gasteiger partial charge in [-0.15, -0.1) is 0 Å². The van der Waals surface area contributed by atoms with Crippen molar-refractivity contribution in [1.82, 2.24) is 9.80 Å².